The first-order valence-corrected chi connectivity index (χ1v) is 11.9. The molecule has 10 nitrogen and oxygen atoms in total. The Bertz CT molecular complexity index is 1390. The molecule has 3 aromatic heterocycles. The van der Waals surface area contributed by atoms with Crippen molar-refractivity contribution in [2.24, 2.45) is 0 Å². The third-order valence-corrected chi connectivity index (χ3v) is 6.85. The van der Waals surface area contributed by atoms with Crippen molar-refractivity contribution < 1.29 is 4.79 Å². The van der Waals surface area contributed by atoms with Gasteiger partial charge in [0.25, 0.3) is 5.91 Å². The molecule has 0 spiro atoms. The Hall–Kier alpha value is -3.92. The van der Waals surface area contributed by atoms with E-state index in [0.29, 0.717) is 28.7 Å². The van der Waals surface area contributed by atoms with E-state index in [0.717, 1.165) is 50.4 Å². The number of benzene rings is 1. The lowest BCUT2D eigenvalue weighted by atomic mass is 10.0. The van der Waals surface area contributed by atoms with Gasteiger partial charge in [-0.2, -0.15) is 0 Å². The first kappa shape index (κ1) is 21.6. The van der Waals surface area contributed by atoms with Crippen LogP contribution in [0.1, 0.15) is 45.6 Å². The summed E-state index contributed by atoms with van der Waals surface area (Å²) in [6.45, 7) is 7.28. The highest BCUT2D eigenvalue weighted by atomic mass is 16.2. The standard InChI is InChI=1S/C25H27N9O/c1-15-7-16(2)9-19(8-15)28-25-27-12-18-13-34(14-22(18)29-25)20-3-5-33(6-4-20)24(35)17-10-21-23(26-11-17)31-32-30-21/h7-12,20H,3-6,13-14H2,1-2H3,(H,27,28,29)(H,26,30,31,32). The van der Waals surface area contributed by atoms with Gasteiger partial charge in [0.1, 0.15) is 5.52 Å². The molecule has 1 fully saturated rings. The molecule has 10 heteroatoms. The lowest BCUT2D eigenvalue weighted by Crippen LogP contribution is -2.45. The first-order chi connectivity index (χ1) is 17.0. The molecule has 1 aromatic carbocycles. The van der Waals surface area contributed by atoms with Crippen LogP contribution in [0.2, 0.25) is 0 Å². The fourth-order valence-electron chi connectivity index (χ4n) is 5.15. The quantitative estimate of drug-likeness (QED) is 0.468. The second kappa shape index (κ2) is 8.70. The van der Waals surface area contributed by atoms with Crippen LogP contribution in [0.25, 0.3) is 11.2 Å². The van der Waals surface area contributed by atoms with Crippen LogP contribution in [-0.4, -0.2) is 65.2 Å². The second-order valence-corrected chi connectivity index (χ2v) is 9.50. The van der Waals surface area contributed by atoms with Crippen LogP contribution < -0.4 is 5.32 Å². The predicted octanol–water partition coefficient (Wildman–Crippen LogP) is 3.12. The number of likely N-dealkylation sites (tertiary alicyclic amines) is 1. The third-order valence-electron chi connectivity index (χ3n) is 6.85. The number of nitrogens with one attached hydrogen (secondary N) is 2. The van der Waals surface area contributed by atoms with Gasteiger partial charge < -0.3 is 10.2 Å². The molecule has 5 heterocycles. The highest BCUT2D eigenvalue weighted by Crippen LogP contribution is 2.29. The van der Waals surface area contributed by atoms with Crippen LogP contribution in [0.4, 0.5) is 11.6 Å². The zero-order chi connectivity index (χ0) is 23.9. The Kier molecular flexibility index (Phi) is 5.37. The van der Waals surface area contributed by atoms with Gasteiger partial charge in [0.2, 0.25) is 5.95 Å². The molecular formula is C25H27N9O. The average Bonchev–Trinajstić information content (AvgIpc) is 3.49. The summed E-state index contributed by atoms with van der Waals surface area (Å²) in [5, 5.41) is 13.8. The summed E-state index contributed by atoms with van der Waals surface area (Å²) < 4.78 is 0. The number of aryl methyl sites for hydroxylation is 2. The third kappa shape index (κ3) is 4.32. The minimum Gasteiger partial charge on any atom is -0.338 e. The van der Waals surface area contributed by atoms with Crippen LogP contribution in [0, 0.1) is 13.8 Å². The minimum atomic E-state index is -0.00136. The molecule has 2 aliphatic heterocycles. The van der Waals surface area contributed by atoms with E-state index in [1.807, 2.05) is 11.1 Å². The fraction of sp³-hybridized carbons (Fsp3) is 0.360. The summed E-state index contributed by atoms with van der Waals surface area (Å²) in [5.74, 6) is 0.632. The predicted molar refractivity (Wildman–Crippen MR) is 131 cm³/mol. The average molecular weight is 470 g/mol. The summed E-state index contributed by atoms with van der Waals surface area (Å²) in [4.78, 5) is 31.0. The van der Waals surface area contributed by atoms with E-state index in [2.05, 4.69) is 67.6 Å². The van der Waals surface area contributed by atoms with Gasteiger partial charge in [-0.15, -0.1) is 5.10 Å². The molecule has 2 aliphatic rings. The van der Waals surface area contributed by atoms with Crippen LogP contribution in [0.3, 0.4) is 0 Å². The number of piperidine rings is 1. The number of anilines is 2. The van der Waals surface area contributed by atoms with Crippen LogP contribution in [0.5, 0.6) is 0 Å². The molecule has 0 bridgehead atoms. The normalized spacial score (nSPS) is 16.6. The molecule has 0 aliphatic carbocycles. The SMILES string of the molecule is Cc1cc(C)cc(Nc2ncc3c(n2)CN(C2CCN(C(=O)c4cnc5[nH]nnc5c4)CC2)C3)c1. The molecule has 35 heavy (non-hydrogen) atoms. The van der Waals surface area contributed by atoms with Gasteiger partial charge in [0, 0.05) is 55.9 Å². The van der Waals surface area contributed by atoms with Gasteiger partial charge in [-0.25, -0.2) is 20.1 Å². The van der Waals surface area contributed by atoms with Gasteiger partial charge in [-0.3, -0.25) is 9.69 Å². The van der Waals surface area contributed by atoms with Crippen LogP contribution >= 0.6 is 0 Å². The Balaban J connectivity index is 1.08. The number of carbonyl (C=O) groups excluding carboxylic acids is 1. The van der Waals surface area contributed by atoms with Crippen molar-refractivity contribution in [2.75, 3.05) is 18.4 Å². The minimum absolute atomic E-state index is 0.00136. The zero-order valence-electron chi connectivity index (χ0n) is 19.8. The summed E-state index contributed by atoms with van der Waals surface area (Å²) in [5.41, 5.74) is 7.43. The number of carbonyl (C=O) groups is 1. The van der Waals surface area contributed by atoms with Crippen molar-refractivity contribution in [3.8, 4) is 0 Å². The number of nitrogens with zero attached hydrogens (tertiary/aromatic N) is 7. The highest BCUT2D eigenvalue weighted by Gasteiger charge is 2.32. The maximum absolute atomic E-state index is 13.0. The van der Waals surface area contributed by atoms with Gasteiger partial charge in [0.15, 0.2) is 5.65 Å². The largest absolute Gasteiger partial charge is 0.338 e. The molecular weight excluding hydrogens is 442 g/mol. The molecule has 0 saturated carbocycles. The number of hydrogen-bond acceptors (Lipinski definition) is 8. The summed E-state index contributed by atoms with van der Waals surface area (Å²) in [6.07, 6.45) is 5.40. The lowest BCUT2D eigenvalue weighted by molar-refractivity contribution is 0.0613. The molecule has 178 valence electrons. The number of aromatic nitrogens is 6. The maximum atomic E-state index is 13.0. The number of hydrogen-bond donors (Lipinski definition) is 2. The van der Waals surface area contributed by atoms with Crippen molar-refractivity contribution >= 4 is 28.7 Å². The molecule has 2 N–H and O–H groups in total. The van der Waals surface area contributed by atoms with Gasteiger partial charge >= 0.3 is 0 Å². The monoisotopic (exact) mass is 469 g/mol. The molecule has 0 radical (unpaired) electrons. The van der Waals surface area contributed by atoms with E-state index in [1.54, 1.807) is 12.3 Å². The Labute approximate surface area is 202 Å². The van der Waals surface area contributed by atoms with Crippen molar-refractivity contribution in [3.63, 3.8) is 0 Å². The zero-order valence-corrected chi connectivity index (χ0v) is 19.8. The summed E-state index contributed by atoms with van der Waals surface area (Å²) >= 11 is 0. The number of pyridine rings is 1. The number of fused-ring (bicyclic) bond motifs is 2. The van der Waals surface area contributed by atoms with Crippen molar-refractivity contribution in [2.45, 2.75) is 45.8 Å². The van der Waals surface area contributed by atoms with Crippen LogP contribution in [0.15, 0.2) is 36.7 Å². The van der Waals surface area contributed by atoms with Crippen LogP contribution in [-0.2, 0) is 13.1 Å². The molecule has 1 amide bonds. The van der Waals surface area contributed by atoms with E-state index in [-0.39, 0.29) is 5.91 Å². The second-order valence-electron chi connectivity index (χ2n) is 9.50. The summed E-state index contributed by atoms with van der Waals surface area (Å²) in [7, 11) is 0. The highest BCUT2D eigenvalue weighted by molar-refractivity contribution is 5.96. The van der Waals surface area contributed by atoms with Crippen molar-refractivity contribution in [3.05, 3.63) is 64.6 Å². The Morgan fingerprint density at radius 3 is 2.63 bits per heavy atom. The first-order valence-electron chi connectivity index (χ1n) is 11.9. The van der Waals surface area contributed by atoms with Crippen molar-refractivity contribution in [1.82, 2.24) is 40.2 Å². The van der Waals surface area contributed by atoms with E-state index >= 15 is 0 Å². The lowest BCUT2D eigenvalue weighted by Gasteiger charge is -2.36. The van der Waals surface area contributed by atoms with Gasteiger partial charge in [-0.05, 0) is 56.0 Å². The number of H-pyrrole nitrogens is 1. The Morgan fingerprint density at radius 2 is 1.83 bits per heavy atom. The molecule has 0 unspecified atom stereocenters. The van der Waals surface area contributed by atoms with E-state index in [4.69, 9.17) is 4.98 Å². The molecule has 6 rings (SSSR count). The fourth-order valence-corrected chi connectivity index (χ4v) is 5.15. The molecule has 4 aromatic rings. The molecule has 1 saturated heterocycles. The maximum Gasteiger partial charge on any atom is 0.255 e. The van der Waals surface area contributed by atoms with Gasteiger partial charge in [0.05, 0.1) is 11.3 Å². The number of aromatic amines is 1. The number of amides is 1. The van der Waals surface area contributed by atoms with E-state index in [1.165, 1.54) is 16.7 Å². The molecule has 0 atom stereocenters. The van der Waals surface area contributed by atoms with Gasteiger partial charge in [-0.1, -0.05) is 11.3 Å². The topological polar surface area (TPSA) is 116 Å². The van der Waals surface area contributed by atoms with E-state index in [9.17, 15) is 4.79 Å². The summed E-state index contributed by atoms with van der Waals surface area (Å²) in [6, 6.07) is 8.52. The van der Waals surface area contributed by atoms with Crippen molar-refractivity contribution in [1.29, 1.82) is 0 Å². The number of rotatable bonds is 4. The Morgan fingerprint density at radius 1 is 1.03 bits per heavy atom. The smallest absolute Gasteiger partial charge is 0.255 e. The van der Waals surface area contributed by atoms with E-state index < -0.39 is 0 Å².